The molecule has 0 bridgehead atoms. The molecule has 2 rings (SSSR count). The van der Waals surface area contributed by atoms with Gasteiger partial charge in [0.25, 0.3) is 0 Å². The fourth-order valence-electron chi connectivity index (χ4n) is 1.56. The lowest BCUT2D eigenvalue weighted by atomic mass is 9.95. The summed E-state index contributed by atoms with van der Waals surface area (Å²) in [5, 5.41) is 1.16. The third kappa shape index (κ3) is 1.42. The smallest absolute Gasteiger partial charge is 0.134 e. The van der Waals surface area contributed by atoms with Crippen molar-refractivity contribution in [1.29, 1.82) is 0 Å². The molecule has 2 nitrogen and oxygen atoms in total. The molecule has 0 aliphatic heterocycles. The Morgan fingerprint density at radius 3 is 2.64 bits per heavy atom. The standard InChI is InChI=1S/C12H15NO/c1-8-7-14-11-6-9(12(2,3)13)4-5-10(8)11/h4-7H,13H2,1-3H3. The van der Waals surface area contributed by atoms with E-state index in [1.54, 1.807) is 6.26 Å². The molecule has 0 amide bonds. The van der Waals surface area contributed by atoms with Gasteiger partial charge in [0.1, 0.15) is 5.58 Å². The van der Waals surface area contributed by atoms with Crippen LogP contribution in [-0.2, 0) is 5.54 Å². The summed E-state index contributed by atoms with van der Waals surface area (Å²) in [6, 6.07) is 6.14. The molecule has 0 atom stereocenters. The van der Waals surface area contributed by atoms with Gasteiger partial charge in [-0.3, -0.25) is 0 Å². The van der Waals surface area contributed by atoms with Gasteiger partial charge in [0.05, 0.1) is 6.26 Å². The van der Waals surface area contributed by atoms with Gasteiger partial charge in [0.2, 0.25) is 0 Å². The first-order chi connectivity index (χ1) is 6.48. The molecule has 0 aliphatic carbocycles. The fourth-order valence-corrected chi connectivity index (χ4v) is 1.56. The Hall–Kier alpha value is -1.28. The number of aryl methyl sites for hydroxylation is 1. The summed E-state index contributed by atoms with van der Waals surface area (Å²) in [6.45, 7) is 6.02. The van der Waals surface area contributed by atoms with E-state index in [-0.39, 0.29) is 5.54 Å². The normalized spacial score (nSPS) is 12.3. The molecule has 0 saturated heterocycles. The van der Waals surface area contributed by atoms with Crippen LogP contribution in [0.4, 0.5) is 0 Å². The van der Waals surface area contributed by atoms with E-state index >= 15 is 0 Å². The van der Waals surface area contributed by atoms with Crippen LogP contribution in [0.1, 0.15) is 25.0 Å². The summed E-state index contributed by atoms with van der Waals surface area (Å²) in [5.74, 6) is 0. The first-order valence-corrected chi connectivity index (χ1v) is 4.76. The fraction of sp³-hybridized carbons (Fsp3) is 0.333. The number of benzene rings is 1. The molecular formula is C12H15NO. The van der Waals surface area contributed by atoms with Crippen LogP contribution in [0.15, 0.2) is 28.9 Å². The highest BCUT2D eigenvalue weighted by molar-refractivity contribution is 5.81. The molecule has 2 N–H and O–H groups in total. The molecule has 0 unspecified atom stereocenters. The number of fused-ring (bicyclic) bond motifs is 1. The Morgan fingerprint density at radius 1 is 1.29 bits per heavy atom. The first-order valence-electron chi connectivity index (χ1n) is 4.76. The molecule has 1 aromatic heterocycles. The van der Waals surface area contributed by atoms with E-state index in [0.717, 1.165) is 16.5 Å². The quantitative estimate of drug-likeness (QED) is 0.749. The topological polar surface area (TPSA) is 39.2 Å². The molecule has 0 saturated carbocycles. The highest BCUT2D eigenvalue weighted by Gasteiger charge is 2.15. The van der Waals surface area contributed by atoms with Crippen molar-refractivity contribution in [3.05, 3.63) is 35.6 Å². The van der Waals surface area contributed by atoms with Crippen LogP contribution in [0, 0.1) is 6.92 Å². The molecule has 2 aromatic rings. The lowest BCUT2D eigenvalue weighted by molar-refractivity contribution is 0.551. The van der Waals surface area contributed by atoms with Gasteiger partial charge in [0, 0.05) is 10.9 Å². The predicted molar refractivity (Wildman–Crippen MR) is 58.2 cm³/mol. The highest BCUT2D eigenvalue weighted by Crippen LogP contribution is 2.25. The summed E-state index contributed by atoms with van der Waals surface area (Å²) >= 11 is 0. The van der Waals surface area contributed by atoms with Gasteiger partial charge in [-0.25, -0.2) is 0 Å². The number of hydrogen-bond donors (Lipinski definition) is 1. The molecule has 0 aliphatic rings. The summed E-state index contributed by atoms with van der Waals surface area (Å²) < 4.78 is 5.43. The van der Waals surface area contributed by atoms with Crippen LogP contribution in [-0.4, -0.2) is 0 Å². The maximum absolute atomic E-state index is 6.01. The number of furan rings is 1. The van der Waals surface area contributed by atoms with E-state index in [1.807, 2.05) is 26.8 Å². The van der Waals surface area contributed by atoms with Crippen LogP contribution in [0.25, 0.3) is 11.0 Å². The highest BCUT2D eigenvalue weighted by atomic mass is 16.3. The molecular weight excluding hydrogens is 174 g/mol. The Labute approximate surface area is 83.7 Å². The monoisotopic (exact) mass is 189 g/mol. The zero-order valence-corrected chi connectivity index (χ0v) is 8.79. The molecule has 74 valence electrons. The maximum Gasteiger partial charge on any atom is 0.134 e. The van der Waals surface area contributed by atoms with Gasteiger partial charge < -0.3 is 10.2 Å². The Bertz CT molecular complexity index is 463. The van der Waals surface area contributed by atoms with Gasteiger partial charge in [0.15, 0.2) is 0 Å². The van der Waals surface area contributed by atoms with Crippen molar-refractivity contribution in [2.45, 2.75) is 26.3 Å². The van der Waals surface area contributed by atoms with Gasteiger partial charge >= 0.3 is 0 Å². The van der Waals surface area contributed by atoms with E-state index in [1.165, 1.54) is 5.56 Å². The maximum atomic E-state index is 6.01. The third-order valence-electron chi connectivity index (χ3n) is 2.51. The minimum Gasteiger partial charge on any atom is -0.464 e. The molecule has 0 spiro atoms. The van der Waals surface area contributed by atoms with Crippen molar-refractivity contribution in [2.75, 3.05) is 0 Å². The van der Waals surface area contributed by atoms with Gasteiger partial charge in [-0.15, -0.1) is 0 Å². The van der Waals surface area contributed by atoms with Crippen LogP contribution < -0.4 is 5.73 Å². The van der Waals surface area contributed by atoms with Gasteiger partial charge in [-0.1, -0.05) is 12.1 Å². The number of nitrogens with two attached hydrogens (primary N) is 1. The second kappa shape index (κ2) is 2.85. The zero-order valence-electron chi connectivity index (χ0n) is 8.79. The van der Waals surface area contributed by atoms with Crippen molar-refractivity contribution < 1.29 is 4.42 Å². The van der Waals surface area contributed by atoms with E-state index in [4.69, 9.17) is 10.2 Å². The summed E-state index contributed by atoms with van der Waals surface area (Å²) in [7, 11) is 0. The van der Waals surface area contributed by atoms with Gasteiger partial charge in [-0.2, -0.15) is 0 Å². The van der Waals surface area contributed by atoms with E-state index in [2.05, 4.69) is 12.1 Å². The minimum absolute atomic E-state index is 0.311. The summed E-state index contributed by atoms with van der Waals surface area (Å²) in [5.41, 5.74) is 8.88. The molecule has 0 radical (unpaired) electrons. The van der Waals surface area contributed by atoms with Crippen molar-refractivity contribution in [3.63, 3.8) is 0 Å². The van der Waals surface area contributed by atoms with E-state index in [0.29, 0.717) is 0 Å². The van der Waals surface area contributed by atoms with Crippen molar-refractivity contribution in [2.24, 2.45) is 5.73 Å². The summed E-state index contributed by atoms with van der Waals surface area (Å²) in [6.07, 6.45) is 1.78. The van der Waals surface area contributed by atoms with Crippen molar-refractivity contribution in [3.8, 4) is 0 Å². The van der Waals surface area contributed by atoms with E-state index in [9.17, 15) is 0 Å². The molecule has 0 fully saturated rings. The van der Waals surface area contributed by atoms with Crippen molar-refractivity contribution in [1.82, 2.24) is 0 Å². The van der Waals surface area contributed by atoms with Crippen LogP contribution in [0.5, 0.6) is 0 Å². The number of rotatable bonds is 1. The Balaban J connectivity index is 2.63. The largest absolute Gasteiger partial charge is 0.464 e. The van der Waals surface area contributed by atoms with Crippen molar-refractivity contribution >= 4 is 11.0 Å². The predicted octanol–water partition coefficient (Wildman–Crippen LogP) is 2.94. The molecule has 2 heteroatoms. The van der Waals surface area contributed by atoms with Crippen LogP contribution in [0.3, 0.4) is 0 Å². The average Bonchev–Trinajstić information content (AvgIpc) is 2.46. The summed E-state index contributed by atoms with van der Waals surface area (Å²) in [4.78, 5) is 0. The third-order valence-corrected chi connectivity index (χ3v) is 2.51. The van der Waals surface area contributed by atoms with Gasteiger partial charge in [-0.05, 0) is 38.0 Å². The lowest BCUT2D eigenvalue weighted by Gasteiger charge is -2.18. The Kier molecular flexibility index (Phi) is 1.89. The lowest BCUT2D eigenvalue weighted by Crippen LogP contribution is -2.28. The van der Waals surface area contributed by atoms with E-state index < -0.39 is 0 Å². The average molecular weight is 189 g/mol. The van der Waals surface area contributed by atoms with Crippen LogP contribution >= 0.6 is 0 Å². The van der Waals surface area contributed by atoms with Crippen LogP contribution in [0.2, 0.25) is 0 Å². The zero-order chi connectivity index (χ0) is 10.3. The second-order valence-electron chi connectivity index (χ2n) is 4.35. The molecule has 1 heterocycles. The number of hydrogen-bond acceptors (Lipinski definition) is 2. The second-order valence-corrected chi connectivity index (χ2v) is 4.35. The molecule has 1 aromatic carbocycles. The molecule has 14 heavy (non-hydrogen) atoms. The minimum atomic E-state index is -0.311. The first kappa shape index (κ1) is 9.28. The SMILES string of the molecule is Cc1coc2cc(C(C)(C)N)ccc12. The Morgan fingerprint density at radius 2 is 2.00 bits per heavy atom.